The number of benzene rings is 1. The van der Waals surface area contributed by atoms with Crippen LogP contribution in [0.1, 0.15) is 76.8 Å². The highest BCUT2D eigenvalue weighted by Crippen LogP contribution is 2.33. The van der Waals surface area contributed by atoms with Crippen molar-refractivity contribution in [3.8, 4) is 5.75 Å². The van der Waals surface area contributed by atoms with Crippen molar-refractivity contribution in [2.45, 2.75) is 71.3 Å². The first-order valence-corrected chi connectivity index (χ1v) is 12.7. The van der Waals surface area contributed by atoms with Crippen LogP contribution in [-0.2, 0) is 5.54 Å². The second-order valence-corrected chi connectivity index (χ2v) is 9.16. The molecule has 1 N–H and O–H groups in total. The summed E-state index contributed by atoms with van der Waals surface area (Å²) in [5.74, 6) is 0.177. The van der Waals surface area contributed by atoms with Gasteiger partial charge in [0.25, 0.3) is 6.43 Å². The van der Waals surface area contributed by atoms with E-state index in [1.807, 2.05) is 19.9 Å². The maximum atomic E-state index is 13.7. The summed E-state index contributed by atoms with van der Waals surface area (Å²) in [6, 6.07) is 7.52. The molecule has 196 valence electrons. The van der Waals surface area contributed by atoms with Gasteiger partial charge in [0.05, 0.1) is 24.9 Å². The molecule has 1 aromatic carbocycles. The van der Waals surface area contributed by atoms with Crippen LogP contribution in [0.4, 0.5) is 23.2 Å². The molecule has 4 nitrogen and oxygen atoms in total. The number of hydrogen-bond acceptors (Lipinski definition) is 4. The van der Waals surface area contributed by atoms with E-state index in [9.17, 15) is 17.6 Å². The minimum absolute atomic E-state index is 0.177. The lowest BCUT2D eigenvalue weighted by molar-refractivity contribution is 0.145. The van der Waals surface area contributed by atoms with Crippen LogP contribution in [-0.4, -0.2) is 29.9 Å². The van der Waals surface area contributed by atoms with E-state index in [2.05, 4.69) is 22.2 Å². The summed E-state index contributed by atoms with van der Waals surface area (Å²) in [7, 11) is 0.500. The maximum absolute atomic E-state index is 13.7. The lowest BCUT2D eigenvalue weighted by Gasteiger charge is -2.22. The number of nitrogens with one attached hydrogen (secondary N) is 1. The number of anilines is 1. The first kappa shape index (κ1) is 30.7. The van der Waals surface area contributed by atoms with Gasteiger partial charge in [0.15, 0.2) is 5.17 Å². The van der Waals surface area contributed by atoms with Crippen LogP contribution < -0.4 is 10.1 Å². The third kappa shape index (κ3) is 11.3. The Hall–Kier alpha value is -2.29. The van der Waals surface area contributed by atoms with E-state index >= 15 is 0 Å². The molecule has 0 bridgehead atoms. The second kappa shape index (κ2) is 17.2. The molecule has 35 heavy (non-hydrogen) atoms. The molecule has 2 aromatic rings. The van der Waals surface area contributed by atoms with E-state index < -0.39 is 18.0 Å². The number of halogens is 4. The van der Waals surface area contributed by atoms with Gasteiger partial charge in [-0.05, 0) is 50.1 Å². The molecule has 0 saturated carbocycles. The van der Waals surface area contributed by atoms with Crippen molar-refractivity contribution in [1.29, 1.82) is 0 Å². The van der Waals surface area contributed by atoms with Crippen molar-refractivity contribution >= 4 is 22.6 Å². The van der Waals surface area contributed by atoms with Crippen molar-refractivity contribution in [3.63, 3.8) is 0 Å². The number of aromatic nitrogens is 1. The van der Waals surface area contributed by atoms with E-state index in [-0.39, 0.29) is 11.3 Å². The van der Waals surface area contributed by atoms with Gasteiger partial charge in [0.2, 0.25) is 0 Å². The summed E-state index contributed by atoms with van der Waals surface area (Å²) in [4.78, 5) is 8.73. The summed E-state index contributed by atoms with van der Waals surface area (Å²) >= 11 is 0.869. The fourth-order valence-corrected chi connectivity index (χ4v) is 3.89. The molecule has 0 aliphatic heterocycles. The molecule has 0 amide bonds. The number of nitrogens with zero attached hydrogens (tertiary/aromatic N) is 2. The number of rotatable bonds is 13. The first-order chi connectivity index (χ1) is 16.9. The van der Waals surface area contributed by atoms with E-state index in [0.717, 1.165) is 36.6 Å². The Bertz CT molecular complexity index is 867. The van der Waals surface area contributed by atoms with Crippen LogP contribution in [0.25, 0.3) is 0 Å². The standard InChI is InChI=1S/C25H34F3N3OS.CH3F/c1-4-5-6-7-8-9-15-32-22-13-12-20(16-21(22)23(27)28)30-24(33-18-26)31-25(2,3)19-11-10-14-29-17-19;1-2/h10-14,16-17,23H,4-9,15,18H2,1-3H3,(H,30,31);1H3. The van der Waals surface area contributed by atoms with E-state index in [1.54, 1.807) is 24.5 Å². The topological polar surface area (TPSA) is 46.5 Å². The van der Waals surface area contributed by atoms with Crippen LogP contribution in [0, 0.1) is 0 Å². The summed E-state index contributed by atoms with van der Waals surface area (Å²) in [6.45, 7) is 6.34. The Labute approximate surface area is 211 Å². The van der Waals surface area contributed by atoms with E-state index in [1.165, 1.54) is 31.4 Å². The van der Waals surface area contributed by atoms with Crippen molar-refractivity contribution in [2.24, 2.45) is 4.99 Å². The number of pyridine rings is 1. The number of amidine groups is 1. The second-order valence-electron chi connectivity index (χ2n) is 8.27. The van der Waals surface area contributed by atoms with Gasteiger partial charge < -0.3 is 10.1 Å². The minimum atomic E-state index is -2.69. The summed E-state index contributed by atoms with van der Waals surface area (Å²) < 4.78 is 55.7. The Balaban J connectivity index is 0.00000298. The third-order valence-corrected chi connectivity index (χ3v) is 5.77. The largest absolute Gasteiger partial charge is 0.493 e. The molecule has 0 radical (unpaired) electrons. The van der Waals surface area contributed by atoms with Gasteiger partial charge in [-0.1, -0.05) is 56.9 Å². The molecule has 0 spiro atoms. The van der Waals surface area contributed by atoms with Crippen LogP contribution in [0.5, 0.6) is 5.75 Å². The number of ether oxygens (including phenoxy) is 1. The minimum Gasteiger partial charge on any atom is -0.493 e. The highest BCUT2D eigenvalue weighted by Gasteiger charge is 2.21. The van der Waals surface area contributed by atoms with Crippen molar-refractivity contribution < 1.29 is 22.3 Å². The number of thioether (sulfide) groups is 1. The van der Waals surface area contributed by atoms with Gasteiger partial charge in [0, 0.05) is 18.1 Å². The van der Waals surface area contributed by atoms with Crippen LogP contribution in [0.15, 0.2) is 47.7 Å². The molecule has 1 heterocycles. The summed E-state index contributed by atoms with van der Waals surface area (Å²) in [5.41, 5.74) is 0.390. The van der Waals surface area contributed by atoms with Crippen LogP contribution >= 0.6 is 11.8 Å². The van der Waals surface area contributed by atoms with Gasteiger partial charge in [-0.25, -0.2) is 13.2 Å². The number of unbranched alkanes of at least 4 members (excludes halogenated alkanes) is 5. The van der Waals surface area contributed by atoms with Crippen LogP contribution in [0.3, 0.4) is 0 Å². The van der Waals surface area contributed by atoms with Crippen molar-refractivity contribution in [2.75, 3.05) is 25.1 Å². The quantitative estimate of drug-likeness (QED) is 0.125. The number of hydrogen-bond donors (Lipinski definition) is 1. The van der Waals surface area contributed by atoms with Crippen molar-refractivity contribution in [1.82, 2.24) is 4.98 Å². The van der Waals surface area contributed by atoms with Gasteiger partial charge >= 0.3 is 0 Å². The molecule has 0 aliphatic carbocycles. The molecule has 9 heteroatoms. The molecule has 0 saturated heterocycles. The Morgan fingerprint density at radius 1 is 1.11 bits per heavy atom. The first-order valence-electron chi connectivity index (χ1n) is 11.8. The normalized spacial score (nSPS) is 11.7. The highest BCUT2D eigenvalue weighted by molar-refractivity contribution is 8.14. The zero-order valence-electron chi connectivity index (χ0n) is 21.0. The number of alkyl halides is 4. The monoisotopic (exact) mass is 515 g/mol. The van der Waals surface area contributed by atoms with Crippen molar-refractivity contribution in [3.05, 3.63) is 53.9 Å². The molecule has 0 aliphatic rings. The third-order valence-electron chi connectivity index (χ3n) is 5.19. The molecule has 0 unspecified atom stereocenters. The number of aliphatic imine (C=N–C) groups is 1. The fourth-order valence-electron chi connectivity index (χ4n) is 3.31. The lowest BCUT2D eigenvalue weighted by Crippen LogP contribution is -2.20. The SMILES string of the molecule is CCCCCCCCOc1ccc(NC(=NC(C)(C)c2cccnc2)SCF)cc1C(F)F.CF. The maximum Gasteiger partial charge on any atom is 0.267 e. The summed E-state index contributed by atoms with van der Waals surface area (Å²) in [6.07, 6.45) is 7.27. The average Bonchev–Trinajstić information content (AvgIpc) is 2.85. The Morgan fingerprint density at radius 2 is 1.83 bits per heavy atom. The predicted octanol–water partition coefficient (Wildman–Crippen LogP) is 8.71. The Kier molecular flexibility index (Phi) is 15.1. The van der Waals surface area contributed by atoms with Gasteiger partial charge in [-0.2, -0.15) is 0 Å². The molecular weight excluding hydrogens is 478 g/mol. The molecule has 0 fully saturated rings. The van der Waals surface area contributed by atoms with Gasteiger partial charge in [-0.3, -0.25) is 14.4 Å². The van der Waals surface area contributed by atoms with E-state index in [4.69, 9.17) is 4.74 Å². The smallest absolute Gasteiger partial charge is 0.267 e. The van der Waals surface area contributed by atoms with Crippen LogP contribution in [0.2, 0.25) is 0 Å². The zero-order valence-corrected chi connectivity index (χ0v) is 21.8. The molecule has 0 atom stereocenters. The Morgan fingerprint density at radius 3 is 2.46 bits per heavy atom. The molecular formula is C26H37F4N3OS. The van der Waals surface area contributed by atoms with Gasteiger partial charge in [-0.15, -0.1) is 0 Å². The summed E-state index contributed by atoms with van der Waals surface area (Å²) in [5, 5.41) is 3.29. The van der Waals surface area contributed by atoms with E-state index in [0.29, 0.717) is 24.6 Å². The van der Waals surface area contributed by atoms with Gasteiger partial charge in [0.1, 0.15) is 11.8 Å². The average molecular weight is 516 g/mol. The predicted molar refractivity (Wildman–Crippen MR) is 139 cm³/mol. The zero-order chi connectivity index (χ0) is 26.1. The fraction of sp³-hybridized carbons (Fsp3) is 0.538. The lowest BCUT2D eigenvalue weighted by atomic mass is 9.97. The highest BCUT2D eigenvalue weighted by atomic mass is 32.2. The molecule has 2 rings (SSSR count). The molecule has 1 aromatic heterocycles.